The topological polar surface area (TPSA) is 155 Å². The minimum absolute atomic E-state index is 0.0231. The van der Waals surface area contributed by atoms with Gasteiger partial charge in [-0.05, 0) is 6.42 Å². The highest BCUT2D eigenvalue weighted by atomic mass is 16.4. The normalized spacial score (nSPS) is 10.6. The van der Waals surface area contributed by atoms with Gasteiger partial charge in [0.1, 0.15) is 6.04 Å². The molecule has 92 valence electrons. The quantitative estimate of drug-likeness (QED) is 0.438. The summed E-state index contributed by atoms with van der Waals surface area (Å²) in [6.45, 7) is 1.00. The van der Waals surface area contributed by atoms with Crippen LogP contribution in [-0.2, 0) is 19.2 Å². The lowest BCUT2D eigenvalue weighted by Crippen LogP contribution is -2.30. The molecule has 0 spiro atoms. The monoisotopic (exact) mass is 235 g/mol. The summed E-state index contributed by atoms with van der Waals surface area (Å²) in [5.74, 6) is -4.40. The standard InChI is InChI=1S/C5H9NO4.C3H4O3/c6-3(5(9)10)1-2-4(7)8;1-2(4)3(5)6/h3H,1-2,6H2,(H,7,8)(H,9,10);1H3,(H,5,6)/t3-;/m0./s1. The van der Waals surface area contributed by atoms with E-state index < -0.39 is 29.7 Å². The zero-order valence-electron chi connectivity index (χ0n) is 8.54. The SMILES string of the molecule is CC(=O)C(=O)O.N[C@@H](CCC(=O)O)C(=O)O. The van der Waals surface area contributed by atoms with Crippen molar-refractivity contribution in [3.05, 3.63) is 0 Å². The molecule has 0 aromatic heterocycles. The number of carboxylic acids is 3. The molecule has 0 saturated heterocycles. The lowest BCUT2D eigenvalue weighted by atomic mass is 10.2. The summed E-state index contributed by atoms with van der Waals surface area (Å²) in [6.07, 6.45) is -0.224. The van der Waals surface area contributed by atoms with E-state index in [-0.39, 0.29) is 12.8 Å². The first-order valence-electron chi connectivity index (χ1n) is 4.12. The Labute approximate surface area is 90.7 Å². The third-order valence-electron chi connectivity index (χ3n) is 1.29. The van der Waals surface area contributed by atoms with Crippen LogP contribution < -0.4 is 5.73 Å². The largest absolute Gasteiger partial charge is 0.481 e. The first kappa shape index (κ1) is 16.5. The predicted molar refractivity (Wildman–Crippen MR) is 50.8 cm³/mol. The van der Waals surface area contributed by atoms with Crippen LogP contribution in [-0.4, -0.2) is 45.1 Å². The molecule has 0 rings (SSSR count). The maximum Gasteiger partial charge on any atom is 0.371 e. The van der Waals surface area contributed by atoms with Gasteiger partial charge in [0.15, 0.2) is 0 Å². The average Bonchev–Trinajstić information content (AvgIpc) is 2.14. The molecular formula is C8H13NO7. The number of carboxylic acid groups (broad SMARTS) is 3. The van der Waals surface area contributed by atoms with Crippen molar-refractivity contribution in [2.45, 2.75) is 25.8 Å². The highest BCUT2D eigenvalue weighted by molar-refractivity contribution is 6.31. The maximum absolute atomic E-state index is 9.99. The van der Waals surface area contributed by atoms with E-state index in [9.17, 15) is 19.2 Å². The lowest BCUT2D eigenvalue weighted by Gasteiger charge is -2.01. The number of aliphatic carboxylic acids is 3. The number of hydrogen-bond donors (Lipinski definition) is 4. The van der Waals surface area contributed by atoms with Crippen molar-refractivity contribution >= 4 is 23.7 Å². The Morgan fingerprint density at radius 1 is 1.12 bits per heavy atom. The number of carbonyl (C=O) groups excluding carboxylic acids is 1. The third-order valence-corrected chi connectivity index (χ3v) is 1.29. The molecule has 1 atom stereocenters. The van der Waals surface area contributed by atoms with Crippen molar-refractivity contribution in [1.82, 2.24) is 0 Å². The van der Waals surface area contributed by atoms with E-state index in [4.69, 9.17) is 21.1 Å². The Morgan fingerprint density at radius 3 is 1.69 bits per heavy atom. The molecule has 5 N–H and O–H groups in total. The van der Waals surface area contributed by atoms with Crippen molar-refractivity contribution in [2.24, 2.45) is 5.73 Å². The van der Waals surface area contributed by atoms with Crippen LogP contribution in [0.2, 0.25) is 0 Å². The molecule has 0 aliphatic heterocycles. The molecule has 0 aromatic rings. The van der Waals surface area contributed by atoms with Gasteiger partial charge in [-0.1, -0.05) is 0 Å². The van der Waals surface area contributed by atoms with Crippen molar-refractivity contribution in [1.29, 1.82) is 0 Å². The van der Waals surface area contributed by atoms with Crippen LogP contribution in [0.5, 0.6) is 0 Å². The van der Waals surface area contributed by atoms with E-state index in [1.807, 2.05) is 0 Å². The summed E-state index contributed by atoms with van der Waals surface area (Å²) in [5.41, 5.74) is 5.00. The molecule has 0 aromatic carbocycles. The van der Waals surface area contributed by atoms with Crippen molar-refractivity contribution < 1.29 is 34.5 Å². The first-order valence-corrected chi connectivity index (χ1v) is 4.12. The minimum Gasteiger partial charge on any atom is -0.481 e. The van der Waals surface area contributed by atoms with E-state index in [2.05, 4.69) is 0 Å². The molecule has 8 nitrogen and oxygen atoms in total. The molecule has 16 heavy (non-hydrogen) atoms. The van der Waals surface area contributed by atoms with Crippen LogP contribution in [0.3, 0.4) is 0 Å². The van der Waals surface area contributed by atoms with Gasteiger partial charge < -0.3 is 21.1 Å². The van der Waals surface area contributed by atoms with E-state index in [1.165, 1.54) is 0 Å². The fraction of sp³-hybridized carbons (Fsp3) is 0.500. The van der Waals surface area contributed by atoms with Crippen LogP contribution in [0.15, 0.2) is 0 Å². The molecule has 8 heteroatoms. The summed E-state index contributed by atoms with van der Waals surface area (Å²) in [5, 5.41) is 23.9. The highest BCUT2D eigenvalue weighted by Crippen LogP contribution is 1.93. The van der Waals surface area contributed by atoms with E-state index in [0.29, 0.717) is 0 Å². The summed E-state index contributed by atoms with van der Waals surface area (Å²) in [6, 6.07) is -1.06. The fourth-order valence-corrected chi connectivity index (χ4v) is 0.402. The molecule has 0 saturated carbocycles. The van der Waals surface area contributed by atoms with Gasteiger partial charge in [0.2, 0.25) is 5.78 Å². The molecule has 0 aliphatic rings. The Bertz CT molecular complexity index is 274. The summed E-state index contributed by atoms with van der Waals surface area (Å²) in [7, 11) is 0. The zero-order chi connectivity index (χ0) is 13.3. The van der Waals surface area contributed by atoms with Crippen LogP contribution in [0.4, 0.5) is 0 Å². The van der Waals surface area contributed by atoms with E-state index in [0.717, 1.165) is 6.92 Å². The van der Waals surface area contributed by atoms with Crippen LogP contribution >= 0.6 is 0 Å². The Hall–Kier alpha value is -1.96. The molecule has 0 aliphatic carbocycles. The van der Waals surface area contributed by atoms with Gasteiger partial charge in [0.05, 0.1) is 0 Å². The van der Waals surface area contributed by atoms with E-state index in [1.54, 1.807) is 0 Å². The number of ketones is 1. The summed E-state index contributed by atoms with van der Waals surface area (Å²) < 4.78 is 0. The molecular weight excluding hydrogens is 222 g/mol. The van der Waals surface area contributed by atoms with Crippen LogP contribution in [0, 0.1) is 0 Å². The molecule has 0 amide bonds. The van der Waals surface area contributed by atoms with Crippen molar-refractivity contribution in [3.8, 4) is 0 Å². The number of rotatable bonds is 5. The van der Waals surface area contributed by atoms with Gasteiger partial charge in [0, 0.05) is 13.3 Å². The second kappa shape index (κ2) is 8.36. The second-order valence-corrected chi connectivity index (χ2v) is 2.74. The predicted octanol–water partition coefficient (Wildman–Crippen LogP) is -1.08. The number of hydrogen-bond acceptors (Lipinski definition) is 5. The Kier molecular flexibility index (Phi) is 8.60. The first-order chi connectivity index (χ1) is 7.18. The lowest BCUT2D eigenvalue weighted by molar-refractivity contribution is -0.148. The molecule has 0 radical (unpaired) electrons. The molecule has 0 unspecified atom stereocenters. The van der Waals surface area contributed by atoms with Crippen LogP contribution in [0.1, 0.15) is 19.8 Å². The Morgan fingerprint density at radius 2 is 1.50 bits per heavy atom. The van der Waals surface area contributed by atoms with Crippen molar-refractivity contribution in [3.63, 3.8) is 0 Å². The fourth-order valence-electron chi connectivity index (χ4n) is 0.402. The van der Waals surface area contributed by atoms with Gasteiger partial charge in [0.25, 0.3) is 0 Å². The number of Topliss-reactive ketones (excluding diaryl/α,β-unsaturated/α-hetero) is 1. The van der Waals surface area contributed by atoms with Gasteiger partial charge in [-0.15, -0.1) is 0 Å². The molecule has 0 bridgehead atoms. The number of nitrogens with two attached hydrogens (primary N) is 1. The van der Waals surface area contributed by atoms with Gasteiger partial charge in [-0.3, -0.25) is 14.4 Å². The zero-order valence-corrected chi connectivity index (χ0v) is 8.54. The average molecular weight is 235 g/mol. The summed E-state index contributed by atoms with van der Waals surface area (Å²) >= 11 is 0. The van der Waals surface area contributed by atoms with Gasteiger partial charge >= 0.3 is 17.9 Å². The van der Waals surface area contributed by atoms with Gasteiger partial charge in [-0.25, -0.2) is 4.79 Å². The van der Waals surface area contributed by atoms with Crippen LogP contribution in [0.25, 0.3) is 0 Å². The molecule has 0 fully saturated rings. The van der Waals surface area contributed by atoms with Crippen molar-refractivity contribution in [2.75, 3.05) is 0 Å². The maximum atomic E-state index is 9.99. The number of carbonyl (C=O) groups is 4. The second-order valence-electron chi connectivity index (χ2n) is 2.74. The molecule has 0 heterocycles. The third kappa shape index (κ3) is 12.0. The van der Waals surface area contributed by atoms with E-state index >= 15 is 0 Å². The van der Waals surface area contributed by atoms with Gasteiger partial charge in [-0.2, -0.15) is 0 Å². The highest BCUT2D eigenvalue weighted by Gasteiger charge is 2.12. The minimum atomic E-state index is -1.38. The Balaban J connectivity index is 0. The summed E-state index contributed by atoms with van der Waals surface area (Å²) in [4.78, 5) is 38.8. The smallest absolute Gasteiger partial charge is 0.371 e.